The van der Waals surface area contributed by atoms with Crippen LogP contribution in [0.25, 0.3) is 0 Å². The van der Waals surface area contributed by atoms with Gasteiger partial charge in [0, 0.05) is 17.8 Å². The topological polar surface area (TPSA) is 34.2 Å². The molecule has 0 aromatic carbocycles. The maximum atomic E-state index is 14.2. The zero-order chi connectivity index (χ0) is 13.4. The average molecular weight is 254 g/mol. The first-order valence-electron chi connectivity index (χ1n) is 6.75. The lowest BCUT2D eigenvalue weighted by Crippen LogP contribution is -2.23. The summed E-state index contributed by atoms with van der Waals surface area (Å²) >= 11 is 0. The van der Waals surface area contributed by atoms with Crippen molar-refractivity contribution in [2.45, 2.75) is 46.1 Å². The molecule has 18 heavy (non-hydrogen) atoms. The molecule has 102 valence electrons. The maximum absolute atomic E-state index is 14.2. The Balaban J connectivity index is 2.92. The van der Waals surface area contributed by atoms with E-state index in [9.17, 15) is 4.39 Å². The molecule has 0 bridgehead atoms. The molecule has 3 nitrogen and oxygen atoms in total. The fourth-order valence-electron chi connectivity index (χ4n) is 1.92. The van der Waals surface area contributed by atoms with Gasteiger partial charge in [-0.05, 0) is 32.4 Å². The van der Waals surface area contributed by atoms with Gasteiger partial charge in [-0.2, -0.15) is 0 Å². The average Bonchev–Trinajstić information content (AvgIpc) is 2.38. The molecule has 0 aliphatic rings. The van der Waals surface area contributed by atoms with Crippen LogP contribution in [-0.2, 0) is 0 Å². The van der Waals surface area contributed by atoms with E-state index in [-0.39, 0.29) is 17.7 Å². The Hall–Kier alpha value is -1.16. The highest BCUT2D eigenvalue weighted by molar-refractivity contribution is 5.26. The summed E-state index contributed by atoms with van der Waals surface area (Å²) in [5.41, 5.74) is 0.656. The molecule has 1 heterocycles. The standard InChI is InChI=1S/C14H23FN2O/c1-4-7-12(16-9-5-2)11-8-10-17-14(13(11)15)18-6-3/h8,10,12,16H,4-7,9H2,1-3H3. The number of ether oxygens (including phenoxy) is 1. The number of nitrogens with one attached hydrogen (secondary N) is 1. The van der Waals surface area contributed by atoms with Crippen molar-refractivity contribution in [3.63, 3.8) is 0 Å². The van der Waals surface area contributed by atoms with Gasteiger partial charge in [0.1, 0.15) is 0 Å². The monoisotopic (exact) mass is 254 g/mol. The van der Waals surface area contributed by atoms with E-state index < -0.39 is 0 Å². The Morgan fingerprint density at radius 3 is 2.72 bits per heavy atom. The van der Waals surface area contributed by atoms with Crippen LogP contribution in [-0.4, -0.2) is 18.1 Å². The molecule has 4 heteroatoms. The highest BCUT2D eigenvalue weighted by atomic mass is 19.1. The van der Waals surface area contributed by atoms with Crippen molar-refractivity contribution in [2.24, 2.45) is 0 Å². The Bertz CT molecular complexity index is 358. The van der Waals surface area contributed by atoms with Gasteiger partial charge in [-0.1, -0.05) is 20.3 Å². The third-order valence-corrected chi connectivity index (χ3v) is 2.76. The molecule has 0 spiro atoms. The lowest BCUT2D eigenvalue weighted by Gasteiger charge is -2.19. The Kier molecular flexibility index (Phi) is 6.65. The molecule has 1 atom stereocenters. The van der Waals surface area contributed by atoms with Gasteiger partial charge in [-0.15, -0.1) is 0 Å². The van der Waals surface area contributed by atoms with Crippen molar-refractivity contribution in [3.05, 3.63) is 23.6 Å². The van der Waals surface area contributed by atoms with E-state index in [4.69, 9.17) is 4.74 Å². The molecule has 1 aromatic rings. The number of pyridine rings is 1. The lowest BCUT2D eigenvalue weighted by molar-refractivity contribution is 0.303. The molecule has 1 aromatic heterocycles. The van der Waals surface area contributed by atoms with Crippen LogP contribution in [0.5, 0.6) is 5.88 Å². The molecular weight excluding hydrogens is 231 g/mol. The SMILES string of the molecule is CCCNC(CCC)c1ccnc(OCC)c1F. The fourth-order valence-corrected chi connectivity index (χ4v) is 1.92. The van der Waals surface area contributed by atoms with E-state index in [2.05, 4.69) is 24.1 Å². The first-order valence-corrected chi connectivity index (χ1v) is 6.75. The van der Waals surface area contributed by atoms with Crippen LogP contribution in [0.15, 0.2) is 12.3 Å². The molecule has 0 fully saturated rings. The minimum atomic E-state index is -0.332. The highest BCUT2D eigenvalue weighted by Crippen LogP contribution is 2.26. The zero-order valence-electron chi connectivity index (χ0n) is 11.5. The Labute approximate surface area is 109 Å². The van der Waals surface area contributed by atoms with Crippen LogP contribution in [0.1, 0.15) is 51.6 Å². The van der Waals surface area contributed by atoms with Crippen LogP contribution in [0, 0.1) is 5.82 Å². The van der Waals surface area contributed by atoms with E-state index in [1.165, 1.54) is 0 Å². The van der Waals surface area contributed by atoms with Gasteiger partial charge in [0.05, 0.1) is 6.61 Å². The highest BCUT2D eigenvalue weighted by Gasteiger charge is 2.18. The molecule has 0 aliphatic carbocycles. The molecule has 0 saturated carbocycles. The van der Waals surface area contributed by atoms with Crippen LogP contribution >= 0.6 is 0 Å². The molecule has 0 saturated heterocycles. The van der Waals surface area contributed by atoms with Gasteiger partial charge < -0.3 is 10.1 Å². The van der Waals surface area contributed by atoms with Crippen LogP contribution in [0.4, 0.5) is 4.39 Å². The summed E-state index contributed by atoms with van der Waals surface area (Å²) in [6, 6.07) is 1.78. The smallest absolute Gasteiger partial charge is 0.250 e. The van der Waals surface area contributed by atoms with Crippen LogP contribution in [0.3, 0.4) is 0 Å². The molecule has 0 amide bonds. The predicted molar refractivity (Wildman–Crippen MR) is 71.3 cm³/mol. The molecule has 1 rings (SSSR count). The number of hydrogen-bond donors (Lipinski definition) is 1. The number of rotatable bonds is 8. The van der Waals surface area contributed by atoms with Gasteiger partial charge in [-0.25, -0.2) is 9.37 Å². The minimum absolute atomic E-state index is 0.0390. The summed E-state index contributed by atoms with van der Waals surface area (Å²) in [6.45, 7) is 7.34. The third-order valence-electron chi connectivity index (χ3n) is 2.76. The lowest BCUT2D eigenvalue weighted by atomic mass is 10.0. The van der Waals surface area contributed by atoms with Crippen molar-refractivity contribution in [2.75, 3.05) is 13.2 Å². The molecule has 0 aliphatic heterocycles. The fraction of sp³-hybridized carbons (Fsp3) is 0.643. The molecule has 1 N–H and O–H groups in total. The number of nitrogens with zero attached hydrogens (tertiary/aromatic N) is 1. The van der Waals surface area contributed by atoms with Crippen molar-refractivity contribution in [1.82, 2.24) is 10.3 Å². The van der Waals surface area contributed by atoms with Crippen LogP contribution in [0.2, 0.25) is 0 Å². The molecule has 1 unspecified atom stereocenters. The first-order chi connectivity index (χ1) is 8.74. The summed E-state index contributed by atoms with van der Waals surface area (Å²) in [4.78, 5) is 3.93. The first kappa shape index (κ1) is 14.9. The van der Waals surface area contributed by atoms with Gasteiger partial charge >= 0.3 is 0 Å². The summed E-state index contributed by atoms with van der Waals surface area (Å²) in [6.07, 6.45) is 4.56. The summed E-state index contributed by atoms with van der Waals surface area (Å²) in [5, 5.41) is 3.37. The largest absolute Gasteiger partial charge is 0.476 e. The second kappa shape index (κ2) is 8.03. The summed E-state index contributed by atoms with van der Waals surface area (Å²) < 4.78 is 19.4. The van der Waals surface area contributed by atoms with Gasteiger partial charge in [0.15, 0.2) is 5.82 Å². The predicted octanol–water partition coefficient (Wildman–Crippen LogP) is 3.46. The van der Waals surface area contributed by atoms with Crippen molar-refractivity contribution >= 4 is 0 Å². The quantitative estimate of drug-likeness (QED) is 0.771. The van der Waals surface area contributed by atoms with Gasteiger partial charge in [0.25, 0.3) is 5.88 Å². The summed E-state index contributed by atoms with van der Waals surface area (Å²) in [5.74, 6) is -0.226. The second-order valence-corrected chi connectivity index (χ2v) is 4.25. The number of aromatic nitrogens is 1. The van der Waals surface area contributed by atoms with E-state index in [1.807, 2.05) is 6.92 Å². The van der Waals surface area contributed by atoms with E-state index >= 15 is 0 Å². The normalized spacial score (nSPS) is 12.4. The van der Waals surface area contributed by atoms with Crippen molar-refractivity contribution in [3.8, 4) is 5.88 Å². The van der Waals surface area contributed by atoms with E-state index in [0.29, 0.717) is 12.2 Å². The maximum Gasteiger partial charge on any atom is 0.250 e. The summed E-state index contributed by atoms with van der Waals surface area (Å²) in [7, 11) is 0. The molecular formula is C14H23FN2O. The Morgan fingerprint density at radius 2 is 2.11 bits per heavy atom. The van der Waals surface area contributed by atoms with Gasteiger partial charge in [0.2, 0.25) is 0 Å². The molecule has 0 radical (unpaired) electrons. The van der Waals surface area contributed by atoms with Crippen LogP contribution < -0.4 is 10.1 Å². The van der Waals surface area contributed by atoms with Gasteiger partial charge in [-0.3, -0.25) is 0 Å². The van der Waals surface area contributed by atoms with E-state index in [0.717, 1.165) is 25.8 Å². The Morgan fingerprint density at radius 1 is 1.33 bits per heavy atom. The van der Waals surface area contributed by atoms with Crippen molar-refractivity contribution in [1.29, 1.82) is 0 Å². The van der Waals surface area contributed by atoms with Crippen molar-refractivity contribution < 1.29 is 9.13 Å². The zero-order valence-corrected chi connectivity index (χ0v) is 11.5. The number of hydrogen-bond acceptors (Lipinski definition) is 3. The minimum Gasteiger partial charge on any atom is -0.476 e. The van der Waals surface area contributed by atoms with E-state index in [1.54, 1.807) is 12.3 Å². The third kappa shape index (κ3) is 3.95. The number of halogens is 1. The second-order valence-electron chi connectivity index (χ2n) is 4.25.